The Morgan fingerprint density at radius 2 is 1.47 bits per heavy atom. The van der Waals surface area contributed by atoms with Crippen LogP contribution in [0.25, 0.3) is 0 Å². The van der Waals surface area contributed by atoms with Crippen molar-refractivity contribution in [3.8, 4) is 0 Å². The molecule has 98 valence electrons. The van der Waals surface area contributed by atoms with Crippen LogP contribution in [0.15, 0.2) is 0 Å². The molecule has 0 unspecified atom stereocenters. The van der Waals surface area contributed by atoms with Gasteiger partial charge in [0.05, 0.1) is 6.42 Å². The van der Waals surface area contributed by atoms with Crippen molar-refractivity contribution in [1.82, 2.24) is 0 Å². The molecule has 0 saturated carbocycles. The van der Waals surface area contributed by atoms with Gasteiger partial charge < -0.3 is 18.0 Å². The summed E-state index contributed by atoms with van der Waals surface area (Å²) >= 11 is 0. The molecule has 0 aliphatic carbocycles. The lowest BCUT2D eigenvalue weighted by atomic mass is 10.3. The van der Waals surface area contributed by atoms with E-state index in [1.165, 1.54) is 28.3 Å². The number of carbonyl (C=O) groups excluding carboxylic acids is 3. The third-order valence-corrected chi connectivity index (χ3v) is 4.41. The second-order valence-corrected chi connectivity index (χ2v) is 5.98. The molecular formula is C9H16O7Si. The molecule has 0 saturated heterocycles. The molecule has 0 aromatic rings. The minimum absolute atomic E-state index is 0.442. The fourth-order valence-electron chi connectivity index (χ4n) is 1.11. The highest BCUT2D eigenvalue weighted by molar-refractivity contribution is 6.92. The first-order valence-electron chi connectivity index (χ1n) is 4.75. The van der Waals surface area contributed by atoms with E-state index in [0.29, 0.717) is 0 Å². The van der Waals surface area contributed by atoms with Crippen molar-refractivity contribution < 1.29 is 32.4 Å². The monoisotopic (exact) mass is 264 g/mol. The largest absolute Gasteiger partial charge is 0.574 e. The Balaban J connectivity index is 4.41. The number of ether oxygens (including phenoxy) is 1. The van der Waals surface area contributed by atoms with E-state index in [0.717, 1.165) is 0 Å². The van der Waals surface area contributed by atoms with Gasteiger partial charge in [-0.05, 0) is 0 Å². The third-order valence-electron chi connectivity index (χ3n) is 1.94. The van der Waals surface area contributed by atoms with E-state index in [2.05, 4.69) is 4.74 Å². The Bertz CT molecular complexity index is 289. The van der Waals surface area contributed by atoms with Crippen molar-refractivity contribution in [2.45, 2.75) is 13.3 Å². The zero-order chi connectivity index (χ0) is 13.5. The van der Waals surface area contributed by atoms with Crippen LogP contribution in [-0.4, -0.2) is 53.9 Å². The number of esters is 1. The van der Waals surface area contributed by atoms with Crippen LogP contribution in [0.4, 0.5) is 0 Å². The van der Waals surface area contributed by atoms with Gasteiger partial charge in [-0.3, -0.25) is 14.4 Å². The summed E-state index contributed by atoms with van der Waals surface area (Å²) in [6.45, 7) is 0.732. The molecule has 7 nitrogen and oxygen atoms in total. The van der Waals surface area contributed by atoms with Crippen molar-refractivity contribution >= 4 is 26.0 Å². The van der Waals surface area contributed by atoms with Crippen LogP contribution in [-0.2, 0) is 32.4 Å². The van der Waals surface area contributed by atoms with Crippen LogP contribution in [0.1, 0.15) is 13.3 Å². The lowest BCUT2D eigenvalue weighted by Gasteiger charge is -2.22. The zero-order valence-electron chi connectivity index (χ0n) is 10.3. The van der Waals surface area contributed by atoms with E-state index in [1.807, 2.05) is 0 Å². The topological polar surface area (TPSA) is 88.1 Å². The molecular weight excluding hydrogens is 248 g/mol. The van der Waals surface area contributed by atoms with E-state index in [-0.39, 0.29) is 0 Å². The van der Waals surface area contributed by atoms with Crippen LogP contribution >= 0.6 is 0 Å². The molecule has 0 heterocycles. The zero-order valence-corrected chi connectivity index (χ0v) is 11.3. The number of hydrogen-bond acceptors (Lipinski definition) is 7. The molecule has 0 spiro atoms. The van der Waals surface area contributed by atoms with Gasteiger partial charge in [0.15, 0.2) is 5.78 Å². The Morgan fingerprint density at radius 3 is 1.82 bits per heavy atom. The van der Waals surface area contributed by atoms with Crippen molar-refractivity contribution in [2.75, 3.05) is 27.9 Å². The second kappa shape index (κ2) is 7.28. The molecule has 0 aromatic heterocycles. The summed E-state index contributed by atoms with van der Waals surface area (Å²) in [5, 5.41) is -0.567. The molecule has 0 aromatic carbocycles. The quantitative estimate of drug-likeness (QED) is 0.331. The van der Waals surface area contributed by atoms with Crippen LogP contribution < -0.4 is 0 Å². The molecule has 0 fully saturated rings. The van der Waals surface area contributed by atoms with Crippen molar-refractivity contribution in [3.05, 3.63) is 0 Å². The number of carbonyl (C=O) groups is 3. The maximum atomic E-state index is 11.7. The summed E-state index contributed by atoms with van der Waals surface area (Å²) in [7, 11) is 0.374. The molecule has 0 aliphatic heterocycles. The summed E-state index contributed by atoms with van der Waals surface area (Å²) in [5.74, 6) is -1.12. The summed E-state index contributed by atoms with van der Waals surface area (Å²) in [5.41, 5.74) is 0. The molecule has 0 N–H and O–H groups in total. The molecule has 0 rings (SSSR count). The molecule has 0 atom stereocenters. The smallest absolute Gasteiger partial charge is 0.458 e. The number of Topliss-reactive ketones (excluding diaryl/α,β-unsaturated/α-hetero) is 1. The first kappa shape index (κ1) is 15.9. The van der Waals surface area contributed by atoms with Gasteiger partial charge in [0, 0.05) is 28.3 Å². The molecule has 0 amide bonds. The summed E-state index contributed by atoms with van der Waals surface area (Å²) in [4.78, 5) is 33.5. The van der Waals surface area contributed by atoms with Crippen LogP contribution in [0.5, 0.6) is 0 Å². The van der Waals surface area contributed by atoms with Gasteiger partial charge in [-0.2, -0.15) is 0 Å². The third kappa shape index (κ3) is 4.73. The summed E-state index contributed by atoms with van der Waals surface area (Å²) < 4.78 is 19.2. The number of hydrogen-bond donors (Lipinski definition) is 0. The predicted octanol–water partition coefficient (Wildman–Crippen LogP) is -0.505. The van der Waals surface area contributed by atoms with Gasteiger partial charge in [0.2, 0.25) is 5.41 Å². The van der Waals surface area contributed by atoms with Crippen molar-refractivity contribution in [1.29, 1.82) is 0 Å². The van der Waals surface area contributed by atoms with E-state index in [9.17, 15) is 14.4 Å². The maximum absolute atomic E-state index is 11.7. The van der Waals surface area contributed by atoms with E-state index in [4.69, 9.17) is 13.3 Å². The molecule has 0 radical (unpaired) electrons. The summed E-state index contributed by atoms with van der Waals surface area (Å²) in [6.07, 6.45) is -0.449. The molecule has 0 bridgehead atoms. The molecule has 17 heavy (non-hydrogen) atoms. The Morgan fingerprint density at radius 1 is 1.00 bits per heavy atom. The minimum atomic E-state index is -3.44. The average molecular weight is 264 g/mol. The number of ketones is 1. The Kier molecular flexibility index (Phi) is 6.81. The van der Waals surface area contributed by atoms with E-state index < -0.39 is 39.0 Å². The standard InChI is InChI=1S/C9H16O7Si/c1-7(10)16-6-8(11)5-9(12)17(13-2,14-3)15-4/h5-6H2,1-4H3. The van der Waals surface area contributed by atoms with Gasteiger partial charge in [-0.15, -0.1) is 0 Å². The normalized spacial score (nSPS) is 11.1. The average Bonchev–Trinajstić information content (AvgIpc) is 2.29. The first-order valence-corrected chi connectivity index (χ1v) is 6.48. The highest BCUT2D eigenvalue weighted by Gasteiger charge is 2.47. The fourth-order valence-corrected chi connectivity index (χ4v) is 2.71. The predicted molar refractivity (Wildman–Crippen MR) is 58.0 cm³/mol. The van der Waals surface area contributed by atoms with Gasteiger partial charge in [-0.1, -0.05) is 0 Å². The highest BCUT2D eigenvalue weighted by Crippen LogP contribution is 2.10. The van der Waals surface area contributed by atoms with E-state index in [1.54, 1.807) is 0 Å². The molecule has 0 aliphatic rings. The summed E-state index contributed by atoms with van der Waals surface area (Å²) in [6, 6.07) is 0. The van der Waals surface area contributed by atoms with Crippen LogP contribution in [0.3, 0.4) is 0 Å². The van der Waals surface area contributed by atoms with Gasteiger partial charge in [0.1, 0.15) is 6.61 Å². The molecule has 8 heteroatoms. The van der Waals surface area contributed by atoms with Gasteiger partial charge in [-0.25, -0.2) is 0 Å². The van der Waals surface area contributed by atoms with E-state index >= 15 is 0 Å². The van der Waals surface area contributed by atoms with Crippen LogP contribution in [0.2, 0.25) is 0 Å². The fraction of sp³-hybridized carbons (Fsp3) is 0.667. The maximum Gasteiger partial charge on any atom is 0.574 e. The Labute approximate surface area is 100 Å². The second-order valence-electron chi connectivity index (χ2n) is 3.09. The van der Waals surface area contributed by atoms with Crippen molar-refractivity contribution in [2.24, 2.45) is 0 Å². The lowest BCUT2D eigenvalue weighted by Crippen LogP contribution is -2.52. The van der Waals surface area contributed by atoms with Gasteiger partial charge in [0.25, 0.3) is 0 Å². The lowest BCUT2D eigenvalue weighted by molar-refractivity contribution is -0.146. The minimum Gasteiger partial charge on any atom is -0.458 e. The van der Waals surface area contributed by atoms with Crippen LogP contribution in [0, 0.1) is 0 Å². The van der Waals surface area contributed by atoms with Crippen molar-refractivity contribution in [3.63, 3.8) is 0 Å². The SMILES string of the molecule is CO[Si](OC)(OC)C(=O)CC(=O)COC(C)=O. The first-order chi connectivity index (χ1) is 7.91. The highest BCUT2D eigenvalue weighted by atomic mass is 28.4. The Hall–Kier alpha value is -1.09. The van der Waals surface area contributed by atoms with Gasteiger partial charge >= 0.3 is 14.8 Å². The number of rotatable bonds is 8.